The molecule has 1 unspecified atom stereocenters. The first kappa shape index (κ1) is 14.7. The molecule has 0 bridgehead atoms. The molecule has 0 radical (unpaired) electrons. The zero-order valence-electron chi connectivity index (χ0n) is 9.90. The Labute approximate surface area is 110 Å². The lowest BCUT2D eigenvalue weighted by Gasteiger charge is -2.32. The highest BCUT2D eigenvalue weighted by Crippen LogP contribution is 2.20. The predicted octanol–water partition coefficient (Wildman–Crippen LogP) is 2.09. The van der Waals surface area contributed by atoms with Crippen molar-refractivity contribution in [3.8, 4) is 0 Å². The summed E-state index contributed by atoms with van der Waals surface area (Å²) in [4.78, 5) is 24.3. The van der Waals surface area contributed by atoms with E-state index >= 15 is 0 Å². The van der Waals surface area contributed by atoms with Gasteiger partial charge >= 0.3 is 6.09 Å². The second-order valence-corrected chi connectivity index (χ2v) is 4.08. The van der Waals surface area contributed by atoms with Crippen LogP contribution in [0.3, 0.4) is 0 Å². The maximum Gasteiger partial charge on any atom is 0.410 e. The lowest BCUT2D eigenvalue weighted by Crippen LogP contribution is -2.45. The van der Waals surface area contributed by atoms with Gasteiger partial charge in [-0.3, -0.25) is 9.69 Å². The standard InChI is InChI=1S/C12H15ClFNO3/c1-2-5-18-12(17)15-4-3-9(11(16)7-13)6-10(15)8-14/h2-3,10H,1,4-8H2. The Morgan fingerprint density at radius 2 is 2.39 bits per heavy atom. The van der Waals surface area contributed by atoms with E-state index in [1.165, 1.54) is 11.0 Å². The number of halogens is 2. The van der Waals surface area contributed by atoms with E-state index in [-0.39, 0.29) is 31.2 Å². The molecule has 0 saturated heterocycles. The maximum absolute atomic E-state index is 12.9. The number of amides is 1. The largest absolute Gasteiger partial charge is 0.445 e. The summed E-state index contributed by atoms with van der Waals surface area (Å²) in [5.74, 6) is -0.361. The smallest absolute Gasteiger partial charge is 0.410 e. The average molecular weight is 276 g/mol. The highest BCUT2D eigenvalue weighted by atomic mass is 35.5. The van der Waals surface area contributed by atoms with Gasteiger partial charge in [-0.25, -0.2) is 9.18 Å². The molecule has 1 aliphatic heterocycles. The van der Waals surface area contributed by atoms with Crippen LogP contribution >= 0.6 is 11.6 Å². The van der Waals surface area contributed by atoms with Gasteiger partial charge in [0.2, 0.25) is 0 Å². The van der Waals surface area contributed by atoms with Crippen LogP contribution in [0.15, 0.2) is 24.3 Å². The van der Waals surface area contributed by atoms with Crippen molar-refractivity contribution in [3.63, 3.8) is 0 Å². The number of ether oxygens (including phenoxy) is 1. The van der Waals surface area contributed by atoms with Crippen LogP contribution in [0.5, 0.6) is 0 Å². The predicted molar refractivity (Wildman–Crippen MR) is 66.4 cm³/mol. The molecule has 0 fully saturated rings. The summed E-state index contributed by atoms with van der Waals surface area (Å²) < 4.78 is 17.8. The van der Waals surface area contributed by atoms with Crippen molar-refractivity contribution in [3.05, 3.63) is 24.3 Å². The summed E-state index contributed by atoms with van der Waals surface area (Å²) in [5.41, 5.74) is 0.473. The molecule has 0 N–H and O–H groups in total. The first-order chi connectivity index (χ1) is 8.63. The highest BCUT2D eigenvalue weighted by Gasteiger charge is 2.30. The van der Waals surface area contributed by atoms with E-state index in [0.29, 0.717) is 5.57 Å². The lowest BCUT2D eigenvalue weighted by atomic mass is 9.98. The molecule has 6 heteroatoms. The Balaban J connectivity index is 2.71. The van der Waals surface area contributed by atoms with Gasteiger partial charge in [0.25, 0.3) is 0 Å². The van der Waals surface area contributed by atoms with Gasteiger partial charge in [-0.2, -0.15) is 0 Å². The monoisotopic (exact) mass is 275 g/mol. The van der Waals surface area contributed by atoms with Crippen molar-refractivity contribution in [1.82, 2.24) is 4.90 Å². The van der Waals surface area contributed by atoms with Crippen LogP contribution in [0, 0.1) is 0 Å². The number of hydrogen-bond acceptors (Lipinski definition) is 3. The molecule has 18 heavy (non-hydrogen) atoms. The number of nitrogens with zero attached hydrogens (tertiary/aromatic N) is 1. The van der Waals surface area contributed by atoms with Gasteiger partial charge in [0.15, 0.2) is 5.78 Å². The molecule has 1 atom stereocenters. The van der Waals surface area contributed by atoms with Gasteiger partial charge in [-0.1, -0.05) is 18.7 Å². The molecule has 0 aliphatic carbocycles. The minimum Gasteiger partial charge on any atom is -0.445 e. The van der Waals surface area contributed by atoms with E-state index in [1.54, 1.807) is 6.08 Å². The molecular formula is C12H15ClFNO3. The molecule has 0 spiro atoms. The minimum atomic E-state index is -0.726. The van der Waals surface area contributed by atoms with E-state index in [0.717, 1.165) is 0 Å². The van der Waals surface area contributed by atoms with Crippen LogP contribution in [0.1, 0.15) is 6.42 Å². The van der Waals surface area contributed by atoms with Gasteiger partial charge in [-0.15, -0.1) is 11.6 Å². The zero-order chi connectivity index (χ0) is 13.5. The van der Waals surface area contributed by atoms with Crippen LogP contribution < -0.4 is 0 Å². The molecule has 0 saturated carbocycles. The van der Waals surface area contributed by atoms with Crippen LogP contribution in [-0.4, -0.2) is 48.5 Å². The normalized spacial score (nSPS) is 19.1. The third-order valence-electron chi connectivity index (χ3n) is 2.65. The molecule has 1 rings (SSSR count). The van der Waals surface area contributed by atoms with Crippen molar-refractivity contribution in [2.75, 3.05) is 25.7 Å². The number of ketones is 1. The van der Waals surface area contributed by atoms with Gasteiger partial charge in [-0.05, 0) is 12.0 Å². The highest BCUT2D eigenvalue weighted by molar-refractivity contribution is 6.30. The number of Topliss-reactive ketones (excluding diaryl/α,β-unsaturated/α-hetero) is 1. The summed E-state index contributed by atoms with van der Waals surface area (Å²) >= 11 is 5.44. The number of alkyl halides is 2. The third-order valence-corrected chi connectivity index (χ3v) is 2.89. The molecule has 100 valence electrons. The van der Waals surface area contributed by atoms with E-state index in [4.69, 9.17) is 16.3 Å². The molecule has 4 nitrogen and oxygen atoms in total. The van der Waals surface area contributed by atoms with Crippen LogP contribution in [0.25, 0.3) is 0 Å². The van der Waals surface area contributed by atoms with Gasteiger partial charge < -0.3 is 4.74 Å². The fourth-order valence-corrected chi connectivity index (χ4v) is 1.86. The molecule has 0 aromatic carbocycles. The van der Waals surface area contributed by atoms with Gasteiger partial charge in [0, 0.05) is 6.54 Å². The van der Waals surface area contributed by atoms with Crippen molar-refractivity contribution in [2.45, 2.75) is 12.5 Å². The van der Waals surface area contributed by atoms with Gasteiger partial charge in [0.1, 0.15) is 13.3 Å². The maximum atomic E-state index is 12.9. The Kier molecular flexibility index (Phi) is 5.85. The average Bonchev–Trinajstić information content (AvgIpc) is 2.42. The Hall–Kier alpha value is -1.36. The van der Waals surface area contributed by atoms with Crippen molar-refractivity contribution < 1.29 is 18.7 Å². The number of carbonyl (C=O) groups excluding carboxylic acids is 2. The van der Waals surface area contributed by atoms with Crippen LogP contribution in [0.4, 0.5) is 9.18 Å². The quantitative estimate of drug-likeness (QED) is 0.570. The number of hydrogen-bond donors (Lipinski definition) is 0. The Morgan fingerprint density at radius 3 is 2.94 bits per heavy atom. The fraction of sp³-hybridized carbons (Fsp3) is 0.500. The lowest BCUT2D eigenvalue weighted by molar-refractivity contribution is -0.113. The summed E-state index contributed by atoms with van der Waals surface area (Å²) in [7, 11) is 0. The van der Waals surface area contributed by atoms with Crippen molar-refractivity contribution in [1.29, 1.82) is 0 Å². The summed E-state index contributed by atoms with van der Waals surface area (Å²) in [5, 5.41) is 0. The zero-order valence-corrected chi connectivity index (χ0v) is 10.7. The molecule has 0 aromatic heterocycles. The first-order valence-corrected chi connectivity index (χ1v) is 6.06. The first-order valence-electron chi connectivity index (χ1n) is 5.52. The number of rotatable bonds is 5. The molecule has 1 aliphatic rings. The SMILES string of the molecule is C=CCOC(=O)N1CC=C(C(=O)CCl)CC1CF. The Morgan fingerprint density at radius 1 is 1.67 bits per heavy atom. The van der Waals surface area contributed by atoms with Crippen LogP contribution in [0.2, 0.25) is 0 Å². The van der Waals surface area contributed by atoms with Crippen molar-refractivity contribution in [2.24, 2.45) is 0 Å². The topological polar surface area (TPSA) is 46.6 Å². The molecule has 1 heterocycles. The van der Waals surface area contributed by atoms with E-state index < -0.39 is 18.8 Å². The fourth-order valence-electron chi connectivity index (χ4n) is 1.69. The minimum absolute atomic E-state index is 0.0749. The molecule has 0 aromatic rings. The summed E-state index contributed by atoms with van der Waals surface area (Å²) in [6, 6.07) is -0.672. The summed E-state index contributed by atoms with van der Waals surface area (Å²) in [6.07, 6.45) is 2.59. The van der Waals surface area contributed by atoms with Gasteiger partial charge in [0.05, 0.1) is 11.9 Å². The third kappa shape index (κ3) is 3.57. The molecule has 1 amide bonds. The van der Waals surface area contributed by atoms with Crippen molar-refractivity contribution >= 4 is 23.5 Å². The Bertz CT molecular complexity index is 370. The molecular weight excluding hydrogens is 261 g/mol. The van der Waals surface area contributed by atoms with E-state index in [1.807, 2.05) is 0 Å². The van der Waals surface area contributed by atoms with Crippen LogP contribution in [-0.2, 0) is 9.53 Å². The van der Waals surface area contributed by atoms with E-state index in [9.17, 15) is 14.0 Å². The second-order valence-electron chi connectivity index (χ2n) is 3.82. The van der Waals surface area contributed by atoms with E-state index in [2.05, 4.69) is 6.58 Å². The summed E-state index contributed by atoms with van der Waals surface area (Å²) in [6.45, 7) is 2.93. The second kappa shape index (κ2) is 7.16. The number of carbonyl (C=O) groups is 2.